The number of rotatable bonds is 4. The summed E-state index contributed by atoms with van der Waals surface area (Å²) < 4.78 is 0. The zero-order valence-corrected chi connectivity index (χ0v) is 7.97. The maximum atomic E-state index is 4.04. The number of nitrogens with one attached hydrogen (secondary N) is 1. The maximum Gasteiger partial charge on any atom is 0.118 e. The highest BCUT2D eigenvalue weighted by Crippen LogP contribution is 2.33. The first kappa shape index (κ1) is 8.13. The van der Waals surface area contributed by atoms with E-state index in [-0.39, 0.29) is 0 Å². The Balaban J connectivity index is 1.91. The molecule has 0 saturated heterocycles. The zero-order valence-electron chi connectivity index (χ0n) is 7.16. The SMILES string of the molecule is CNC(Cc1nncs1)C1CC1. The molecule has 1 heterocycles. The molecule has 1 aliphatic carbocycles. The molecule has 1 saturated carbocycles. The normalized spacial score (nSPS) is 19.4. The lowest BCUT2D eigenvalue weighted by Gasteiger charge is -2.12. The lowest BCUT2D eigenvalue weighted by atomic mass is 10.1. The van der Waals surface area contributed by atoms with Crippen LogP contribution in [0.25, 0.3) is 0 Å². The second-order valence-electron chi connectivity index (χ2n) is 3.27. The zero-order chi connectivity index (χ0) is 8.39. The van der Waals surface area contributed by atoms with Crippen molar-refractivity contribution in [2.24, 2.45) is 5.92 Å². The number of hydrogen-bond acceptors (Lipinski definition) is 4. The quantitative estimate of drug-likeness (QED) is 0.759. The predicted octanol–water partition coefficient (Wildman–Crippen LogP) is 1.08. The first-order valence-electron chi connectivity index (χ1n) is 4.32. The minimum absolute atomic E-state index is 0.623. The van der Waals surface area contributed by atoms with E-state index in [1.165, 1.54) is 12.8 Å². The topological polar surface area (TPSA) is 37.8 Å². The molecule has 1 fully saturated rings. The molecule has 1 aromatic heterocycles. The second kappa shape index (κ2) is 3.49. The summed E-state index contributed by atoms with van der Waals surface area (Å²) in [6.07, 6.45) is 3.81. The molecule has 3 nitrogen and oxygen atoms in total. The lowest BCUT2D eigenvalue weighted by Crippen LogP contribution is -2.29. The molecule has 12 heavy (non-hydrogen) atoms. The third-order valence-corrected chi connectivity index (χ3v) is 3.08. The molecule has 0 bridgehead atoms. The molecule has 0 spiro atoms. The Morgan fingerprint density at radius 1 is 1.75 bits per heavy atom. The Bertz CT molecular complexity index is 230. The third kappa shape index (κ3) is 1.81. The predicted molar refractivity (Wildman–Crippen MR) is 49.2 cm³/mol. The Labute approximate surface area is 76.2 Å². The minimum atomic E-state index is 0.623. The van der Waals surface area contributed by atoms with Gasteiger partial charge in [0.2, 0.25) is 0 Å². The van der Waals surface area contributed by atoms with Gasteiger partial charge < -0.3 is 5.32 Å². The molecule has 1 unspecified atom stereocenters. The average Bonchev–Trinajstić information content (AvgIpc) is 2.80. The van der Waals surface area contributed by atoms with Crippen molar-refractivity contribution in [2.75, 3.05) is 7.05 Å². The molecule has 0 aliphatic heterocycles. The summed E-state index contributed by atoms with van der Waals surface area (Å²) in [5, 5.41) is 12.4. The molecule has 1 N–H and O–H groups in total. The summed E-state index contributed by atoms with van der Waals surface area (Å²) >= 11 is 1.65. The van der Waals surface area contributed by atoms with Crippen LogP contribution in [0, 0.1) is 5.92 Å². The van der Waals surface area contributed by atoms with Crippen LogP contribution in [0.15, 0.2) is 5.51 Å². The fraction of sp³-hybridized carbons (Fsp3) is 0.750. The molecule has 1 aromatic rings. The van der Waals surface area contributed by atoms with Crippen LogP contribution in [0.4, 0.5) is 0 Å². The molecule has 0 aromatic carbocycles. The van der Waals surface area contributed by atoms with E-state index in [2.05, 4.69) is 15.5 Å². The highest BCUT2D eigenvalue weighted by Gasteiger charge is 2.30. The van der Waals surface area contributed by atoms with Gasteiger partial charge >= 0.3 is 0 Å². The largest absolute Gasteiger partial charge is 0.316 e. The van der Waals surface area contributed by atoms with Crippen molar-refractivity contribution in [3.8, 4) is 0 Å². The molecule has 0 radical (unpaired) electrons. The van der Waals surface area contributed by atoms with Crippen LogP contribution in [0.3, 0.4) is 0 Å². The molecule has 1 atom stereocenters. The molecule has 0 amide bonds. The summed E-state index contributed by atoms with van der Waals surface area (Å²) in [5.74, 6) is 0.888. The average molecular weight is 183 g/mol. The van der Waals surface area contributed by atoms with Gasteiger partial charge in [0, 0.05) is 12.5 Å². The van der Waals surface area contributed by atoms with Gasteiger partial charge in [0.15, 0.2) is 0 Å². The lowest BCUT2D eigenvalue weighted by molar-refractivity contribution is 0.498. The van der Waals surface area contributed by atoms with Crippen LogP contribution in [-0.2, 0) is 6.42 Å². The van der Waals surface area contributed by atoms with Gasteiger partial charge in [-0.1, -0.05) is 0 Å². The monoisotopic (exact) mass is 183 g/mol. The minimum Gasteiger partial charge on any atom is -0.316 e. The van der Waals surface area contributed by atoms with Gasteiger partial charge in [-0.15, -0.1) is 21.5 Å². The van der Waals surface area contributed by atoms with Crippen LogP contribution in [0.1, 0.15) is 17.8 Å². The second-order valence-corrected chi connectivity index (χ2v) is 4.19. The van der Waals surface area contributed by atoms with E-state index in [4.69, 9.17) is 0 Å². The third-order valence-electron chi connectivity index (χ3n) is 2.36. The highest BCUT2D eigenvalue weighted by molar-refractivity contribution is 7.09. The van der Waals surface area contributed by atoms with Crippen LogP contribution in [-0.4, -0.2) is 23.3 Å². The Kier molecular flexibility index (Phi) is 2.37. The van der Waals surface area contributed by atoms with Gasteiger partial charge in [0.1, 0.15) is 10.5 Å². The fourth-order valence-electron chi connectivity index (χ4n) is 1.48. The van der Waals surface area contributed by atoms with Gasteiger partial charge in [-0.2, -0.15) is 0 Å². The van der Waals surface area contributed by atoms with Gasteiger partial charge in [-0.05, 0) is 25.8 Å². The van der Waals surface area contributed by atoms with E-state index >= 15 is 0 Å². The number of likely N-dealkylation sites (N-methyl/N-ethyl adjacent to an activating group) is 1. The smallest absolute Gasteiger partial charge is 0.118 e. The number of aromatic nitrogens is 2. The first-order chi connectivity index (χ1) is 5.90. The van der Waals surface area contributed by atoms with Gasteiger partial charge in [-0.3, -0.25) is 0 Å². The van der Waals surface area contributed by atoms with Crippen molar-refractivity contribution >= 4 is 11.3 Å². The summed E-state index contributed by atoms with van der Waals surface area (Å²) in [4.78, 5) is 0. The van der Waals surface area contributed by atoms with Crippen LogP contribution in [0.2, 0.25) is 0 Å². The van der Waals surface area contributed by atoms with Crippen LogP contribution in [0.5, 0.6) is 0 Å². The molecular weight excluding hydrogens is 170 g/mol. The van der Waals surface area contributed by atoms with Crippen LogP contribution >= 0.6 is 11.3 Å². The Morgan fingerprint density at radius 3 is 3.08 bits per heavy atom. The van der Waals surface area contributed by atoms with E-state index in [9.17, 15) is 0 Å². The van der Waals surface area contributed by atoms with Crippen molar-refractivity contribution in [1.82, 2.24) is 15.5 Å². The van der Waals surface area contributed by atoms with Crippen molar-refractivity contribution in [1.29, 1.82) is 0 Å². The van der Waals surface area contributed by atoms with E-state index in [0.717, 1.165) is 17.3 Å². The maximum absolute atomic E-state index is 4.04. The van der Waals surface area contributed by atoms with E-state index in [1.54, 1.807) is 16.8 Å². The first-order valence-corrected chi connectivity index (χ1v) is 5.20. The molecule has 1 aliphatic rings. The van der Waals surface area contributed by atoms with Gasteiger partial charge in [0.05, 0.1) is 0 Å². The summed E-state index contributed by atoms with van der Waals surface area (Å²) in [6.45, 7) is 0. The summed E-state index contributed by atoms with van der Waals surface area (Å²) in [5.41, 5.74) is 1.80. The van der Waals surface area contributed by atoms with E-state index in [1.807, 2.05) is 7.05 Å². The summed E-state index contributed by atoms with van der Waals surface area (Å²) in [7, 11) is 2.03. The highest BCUT2D eigenvalue weighted by atomic mass is 32.1. The van der Waals surface area contributed by atoms with Crippen LogP contribution < -0.4 is 5.32 Å². The number of nitrogens with zero attached hydrogens (tertiary/aromatic N) is 2. The molecule has 66 valence electrons. The van der Waals surface area contributed by atoms with Gasteiger partial charge in [0.25, 0.3) is 0 Å². The van der Waals surface area contributed by atoms with Crippen molar-refractivity contribution in [3.63, 3.8) is 0 Å². The van der Waals surface area contributed by atoms with E-state index < -0.39 is 0 Å². The Morgan fingerprint density at radius 2 is 2.58 bits per heavy atom. The fourth-order valence-corrected chi connectivity index (χ4v) is 2.06. The van der Waals surface area contributed by atoms with Crippen molar-refractivity contribution < 1.29 is 0 Å². The molecule has 2 rings (SSSR count). The molecular formula is C8H13N3S. The Hall–Kier alpha value is -0.480. The van der Waals surface area contributed by atoms with Crippen molar-refractivity contribution in [2.45, 2.75) is 25.3 Å². The standard InChI is InChI=1S/C8H13N3S/c1-9-7(6-2-3-6)4-8-11-10-5-12-8/h5-7,9H,2-4H2,1H3. The summed E-state index contributed by atoms with van der Waals surface area (Å²) in [6, 6.07) is 0.623. The number of hydrogen-bond donors (Lipinski definition) is 1. The van der Waals surface area contributed by atoms with E-state index in [0.29, 0.717) is 6.04 Å². The van der Waals surface area contributed by atoms with Crippen molar-refractivity contribution in [3.05, 3.63) is 10.5 Å². The van der Waals surface area contributed by atoms with Gasteiger partial charge in [-0.25, -0.2) is 0 Å². The molecule has 4 heteroatoms.